The van der Waals surface area contributed by atoms with Gasteiger partial charge in [-0.05, 0) is 6.07 Å². The quantitative estimate of drug-likeness (QED) is 0.468. The molecule has 0 heterocycles. The summed E-state index contributed by atoms with van der Waals surface area (Å²) < 4.78 is 13.3. The fourth-order valence-corrected chi connectivity index (χ4v) is 1.17. The molecule has 6 nitrogen and oxygen atoms in total. The summed E-state index contributed by atoms with van der Waals surface area (Å²) in [5.41, 5.74) is 4.43. The zero-order chi connectivity index (χ0) is 12.5. The Morgan fingerprint density at radius 1 is 1.56 bits per heavy atom. The number of amides is 1. The van der Waals surface area contributed by atoms with Gasteiger partial charge in [0.05, 0.1) is 4.92 Å². The van der Waals surface area contributed by atoms with Crippen LogP contribution in [0.25, 0.3) is 0 Å². The Morgan fingerprint density at radius 2 is 2.12 bits per heavy atom. The summed E-state index contributed by atoms with van der Waals surface area (Å²) in [7, 11) is 1.42. The van der Waals surface area contributed by atoms with Crippen molar-refractivity contribution < 1.29 is 14.1 Å². The van der Waals surface area contributed by atoms with E-state index >= 15 is 0 Å². The third kappa shape index (κ3) is 2.08. The number of hydrogen-bond donors (Lipinski definition) is 1. The first-order chi connectivity index (χ1) is 7.34. The van der Waals surface area contributed by atoms with E-state index in [9.17, 15) is 19.3 Å². The van der Waals surface area contributed by atoms with E-state index in [1.807, 2.05) is 0 Å². The molecule has 1 amide bonds. The third-order valence-electron chi connectivity index (χ3n) is 2.12. The Labute approximate surface area is 90.6 Å². The fourth-order valence-electron chi connectivity index (χ4n) is 1.17. The summed E-state index contributed by atoms with van der Waals surface area (Å²) >= 11 is 0. The number of nitro benzene ring substituents is 1. The van der Waals surface area contributed by atoms with Gasteiger partial charge in [0.1, 0.15) is 5.69 Å². The Bertz CT molecular complexity index is 438. The highest BCUT2D eigenvalue weighted by molar-refractivity contribution is 5.91. The topological polar surface area (TPSA) is 89.5 Å². The van der Waals surface area contributed by atoms with Crippen molar-refractivity contribution in [2.45, 2.75) is 6.92 Å². The van der Waals surface area contributed by atoms with Gasteiger partial charge in [-0.1, -0.05) is 0 Å². The van der Waals surface area contributed by atoms with Gasteiger partial charge in [0.2, 0.25) is 11.7 Å². The van der Waals surface area contributed by atoms with E-state index in [2.05, 4.69) is 0 Å². The molecule has 0 fully saturated rings. The predicted molar refractivity (Wildman–Crippen MR) is 56.6 cm³/mol. The number of halogens is 1. The van der Waals surface area contributed by atoms with E-state index < -0.39 is 16.4 Å². The molecule has 0 radical (unpaired) electrons. The number of hydrogen-bond acceptors (Lipinski definition) is 4. The molecule has 0 aliphatic carbocycles. The molecule has 2 N–H and O–H groups in total. The lowest BCUT2D eigenvalue weighted by molar-refractivity contribution is -0.386. The van der Waals surface area contributed by atoms with E-state index in [4.69, 9.17) is 5.73 Å². The van der Waals surface area contributed by atoms with Crippen molar-refractivity contribution in [1.29, 1.82) is 0 Å². The first kappa shape index (κ1) is 11.9. The minimum Gasteiger partial charge on any atom is -0.393 e. The molecule has 0 spiro atoms. The molecule has 1 rings (SSSR count). The van der Waals surface area contributed by atoms with Crippen molar-refractivity contribution in [2.24, 2.45) is 0 Å². The Hall–Kier alpha value is -2.18. The van der Waals surface area contributed by atoms with E-state index in [0.717, 1.165) is 11.0 Å². The van der Waals surface area contributed by atoms with Gasteiger partial charge < -0.3 is 10.6 Å². The minimum atomic E-state index is -1.06. The zero-order valence-electron chi connectivity index (χ0n) is 8.73. The van der Waals surface area contributed by atoms with Gasteiger partial charge in [0.15, 0.2) is 0 Å². The van der Waals surface area contributed by atoms with Crippen molar-refractivity contribution in [2.75, 3.05) is 17.7 Å². The van der Waals surface area contributed by atoms with Gasteiger partial charge in [-0.3, -0.25) is 14.9 Å². The predicted octanol–water partition coefficient (Wildman–Crippen LogP) is 1.30. The van der Waals surface area contributed by atoms with Gasteiger partial charge in [0, 0.05) is 25.7 Å². The maximum atomic E-state index is 13.3. The number of nitrogens with zero attached hydrogens (tertiary/aromatic N) is 2. The van der Waals surface area contributed by atoms with Crippen LogP contribution in [0.4, 0.5) is 21.5 Å². The molecule has 7 heteroatoms. The largest absolute Gasteiger partial charge is 0.393 e. The van der Waals surface area contributed by atoms with E-state index in [1.54, 1.807) is 0 Å². The molecular weight excluding hydrogens is 217 g/mol. The highest BCUT2D eigenvalue weighted by Gasteiger charge is 2.21. The van der Waals surface area contributed by atoms with Crippen LogP contribution in [-0.2, 0) is 4.79 Å². The fraction of sp³-hybridized carbons (Fsp3) is 0.222. The summed E-state index contributed by atoms with van der Waals surface area (Å²) in [6.07, 6.45) is 0. The second-order valence-electron chi connectivity index (χ2n) is 3.20. The lowest BCUT2D eigenvalue weighted by Gasteiger charge is -2.15. The summed E-state index contributed by atoms with van der Waals surface area (Å²) in [5, 5.41) is 10.5. The smallest absolute Gasteiger partial charge is 0.327 e. The second-order valence-corrected chi connectivity index (χ2v) is 3.20. The van der Waals surface area contributed by atoms with Gasteiger partial charge >= 0.3 is 5.69 Å². The first-order valence-corrected chi connectivity index (χ1v) is 4.32. The van der Waals surface area contributed by atoms with Crippen molar-refractivity contribution in [3.05, 3.63) is 28.1 Å². The number of nitrogen functional groups attached to an aromatic ring is 1. The van der Waals surface area contributed by atoms with Crippen molar-refractivity contribution in [3.63, 3.8) is 0 Å². The van der Waals surface area contributed by atoms with Gasteiger partial charge in [-0.2, -0.15) is 4.39 Å². The average molecular weight is 227 g/mol. The number of rotatable bonds is 2. The molecule has 1 aromatic rings. The normalized spacial score (nSPS) is 9.94. The van der Waals surface area contributed by atoms with Crippen molar-refractivity contribution >= 4 is 23.0 Å². The average Bonchev–Trinajstić information content (AvgIpc) is 2.14. The molecule has 0 saturated heterocycles. The molecular formula is C9H10FN3O3. The second kappa shape index (κ2) is 4.13. The third-order valence-corrected chi connectivity index (χ3v) is 2.12. The van der Waals surface area contributed by atoms with Crippen LogP contribution in [0.1, 0.15) is 6.92 Å². The highest BCUT2D eigenvalue weighted by Crippen LogP contribution is 2.30. The van der Waals surface area contributed by atoms with E-state index in [0.29, 0.717) is 0 Å². The molecule has 0 aliphatic heterocycles. The number of anilines is 2. The summed E-state index contributed by atoms with van der Waals surface area (Å²) in [5.74, 6) is -1.39. The summed E-state index contributed by atoms with van der Waals surface area (Å²) in [6, 6.07) is 2.08. The van der Waals surface area contributed by atoms with Crippen LogP contribution in [0.15, 0.2) is 12.1 Å². The molecule has 0 aliphatic rings. The Kier molecular flexibility index (Phi) is 3.07. The number of nitrogens with two attached hydrogens (primary N) is 1. The number of benzene rings is 1. The first-order valence-electron chi connectivity index (χ1n) is 4.32. The lowest BCUT2D eigenvalue weighted by atomic mass is 10.2. The monoisotopic (exact) mass is 227 g/mol. The van der Waals surface area contributed by atoms with Gasteiger partial charge in [0.25, 0.3) is 0 Å². The Morgan fingerprint density at radius 3 is 2.50 bits per heavy atom. The van der Waals surface area contributed by atoms with Crippen LogP contribution >= 0.6 is 0 Å². The maximum Gasteiger partial charge on any atom is 0.327 e. The molecule has 0 unspecified atom stereocenters. The van der Waals surface area contributed by atoms with Crippen LogP contribution in [0.5, 0.6) is 0 Å². The van der Waals surface area contributed by atoms with Crippen LogP contribution < -0.4 is 10.6 Å². The molecule has 0 saturated carbocycles. The van der Waals surface area contributed by atoms with Crippen LogP contribution in [0, 0.1) is 15.9 Å². The minimum absolute atomic E-state index is 0.174. The molecule has 0 aromatic heterocycles. The van der Waals surface area contributed by atoms with Gasteiger partial charge in [-0.15, -0.1) is 0 Å². The van der Waals surface area contributed by atoms with Crippen LogP contribution in [0.2, 0.25) is 0 Å². The molecule has 16 heavy (non-hydrogen) atoms. The van der Waals surface area contributed by atoms with E-state index in [-0.39, 0.29) is 17.3 Å². The highest BCUT2D eigenvalue weighted by atomic mass is 19.1. The maximum absolute atomic E-state index is 13.3. The lowest BCUT2D eigenvalue weighted by Crippen LogP contribution is -2.23. The molecule has 0 bridgehead atoms. The Balaban J connectivity index is 3.30. The SMILES string of the molecule is CC(=O)N(C)c1cc(N)c([N+](=O)[O-])c(F)c1. The standard InChI is InChI=1S/C9H10FN3O3/c1-5(14)12(2)6-3-7(10)9(13(15)16)8(11)4-6/h3-4H,11H2,1-2H3. The number of carbonyl (C=O) groups excluding carboxylic acids is 1. The zero-order valence-corrected chi connectivity index (χ0v) is 8.73. The summed E-state index contributed by atoms with van der Waals surface area (Å²) in [4.78, 5) is 21.7. The van der Waals surface area contributed by atoms with Crippen LogP contribution in [-0.4, -0.2) is 17.9 Å². The number of carbonyl (C=O) groups is 1. The van der Waals surface area contributed by atoms with Crippen molar-refractivity contribution in [3.8, 4) is 0 Å². The van der Waals surface area contributed by atoms with Gasteiger partial charge in [-0.25, -0.2) is 0 Å². The molecule has 0 atom stereocenters. The van der Waals surface area contributed by atoms with Crippen LogP contribution in [0.3, 0.4) is 0 Å². The van der Waals surface area contributed by atoms with E-state index in [1.165, 1.54) is 20.0 Å². The number of nitro groups is 1. The summed E-state index contributed by atoms with van der Waals surface area (Å²) in [6.45, 7) is 1.29. The molecule has 1 aromatic carbocycles. The van der Waals surface area contributed by atoms with Crippen molar-refractivity contribution in [1.82, 2.24) is 0 Å². The molecule has 86 valence electrons.